The summed E-state index contributed by atoms with van der Waals surface area (Å²) in [5.41, 5.74) is 3.88. The summed E-state index contributed by atoms with van der Waals surface area (Å²) >= 11 is 0. The van der Waals surface area contributed by atoms with Gasteiger partial charge in [-0.1, -0.05) is 69.3 Å². The second-order valence-corrected chi connectivity index (χ2v) is 9.06. The number of alkyl carbamates (subject to hydrolysis) is 1. The smallest absolute Gasteiger partial charge is 0.407 e. The Labute approximate surface area is 194 Å². The van der Waals surface area contributed by atoms with Gasteiger partial charge in [-0.3, -0.25) is 9.59 Å². The number of aliphatic carboxylic acids is 1. The summed E-state index contributed by atoms with van der Waals surface area (Å²) in [6.07, 6.45) is 0.292. The number of nitrogens with one attached hydrogen (secondary N) is 2. The van der Waals surface area contributed by atoms with Crippen LogP contribution in [0.25, 0.3) is 11.1 Å². The lowest BCUT2D eigenvalue weighted by Gasteiger charge is -2.26. The highest BCUT2D eigenvalue weighted by Gasteiger charge is 2.31. The second-order valence-electron chi connectivity index (χ2n) is 9.06. The normalized spacial score (nSPS) is 13.5. The summed E-state index contributed by atoms with van der Waals surface area (Å²) in [5, 5.41) is 14.5. The summed E-state index contributed by atoms with van der Waals surface area (Å²) in [5.74, 6) is -1.19. The molecule has 3 rings (SSSR count). The molecule has 7 nitrogen and oxygen atoms in total. The average Bonchev–Trinajstić information content (AvgIpc) is 3.10. The van der Waals surface area contributed by atoms with Crippen molar-refractivity contribution in [1.29, 1.82) is 0 Å². The van der Waals surface area contributed by atoms with Gasteiger partial charge < -0.3 is 20.5 Å². The Hall–Kier alpha value is -3.35. The van der Waals surface area contributed by atoms with Crippen LogP contribution in [0.15, 0.2) is 48.5 Å². The fraction of sp³-hybridized carbons (Fsp3) is 0.423. The zero-order chi connectivity index (χ0) is 24.0. The highest BCUT2D eigenvalue weighted by molar-refractivity contribution is 5.83. The van der Waals surface area contributed by atoms with Gasteiger partial charge in [-0.2, -0.15) is 0 Å². The molecule has 1 aliphatic carbocycles. The minimum Gasteiger partial charge on any atom is -0.481 e. The Balaban J connectivity index is 1.49. The van der Waals surface area contributed by atoms with Gasteiger partial charge in [0.2, 0.25) is 5.91 Å². The predicted molar refractivity (Wildman–Crippen MR) is 126 cm³/mol. The first-order chi connectivity index (χ1) is 15.7. The number of carbonyl (C=O) groups is 3. The fourth-order valence-electron chi connectivity index (χ4n) is 4.13. The maximum absolute atomic E-state index is 12.6. The van der Waals surface area contributed by atoms with Gasteiger partial charge in [0.25, 0.3) is 0 Å². The highest BCUT2D eigenvalue weighted by atomic mass is 16.5. The molecule has 0 aliphatic heterocycles. The Bertz CT molecular complexity index is 972. The first-order valence-electron chi connectivity index (χ1n) is 11.3. The van der Waals surface area contributed by atoms with Gasteiger partial charge in [0.05, 0.1) is 6.42 Å². The lowest BCUT2D eigenvalue weighted by molar-refractivity contribution is -0.138. The molecule has 3 N–H and O–H groups in total. The van der Waals surface area contributed by atoms with E-state index in [2.05, 4.69) is 34.9 Å². The van der Waals surface area contributed by atoms with Crippen molar-refractivity contribution in [2.75, 3.05) is 13.2 Å². The molecule has 1 atom stereocenters. The van der Waals surface area contributed by atoms with Crippen LogP contribution in [0.1, 0.15) is 57.1 Å². The third-order valence-electron chi connectivity index (χ3n) is 6.23. The number of fused-ring (bicyclic) bond motifs is 3. The molecule has 2 aromatic rings. The van der Waals surface area contributed by atoms with E-state index in [9.17, 15) is 14.4 Å². The Kier molecular flexibility index (Phi) is 7.74. The van der Waals surface area contributed by atoms with Crippen molar-refractivity contribution in [3.63, 3.8) is 0 Å². The second kappa shape index (κ2) is 10.5. The molecule has 1 aliphatic rings. The number of hydrogen-bond acceptors (Lipinski definition) is 4. The maximum Gasteiger partial charge on any atom is 0.407 e. The third-order valence-corrected chi connectivity index (χ3v) is 6.23. The van der Waals surface area contributed by atoms with Crippen molar-refractivity contribution in [3.8, 4) is 11.1 Å². The number of carboxylic acids is 1. The molecule has 2 amide bonds. The first kappa shape index (κ1) is 24.3. The topological polar surface area (TPSA) is 105 Å². The average molecular weight is 453 g/mol. The van der Waals surface area contributed by atoms with Gasteiger partial charge in [0, 0.05) is 23.9 Å². The molecule has 33 heavy (non-hydrogen) atoms. The number of hydrogen-bond donors (Lipinski definition) is 3. The van der Waals surface area contributed by atoms with Crippen molar-refractivity contribution in [3.05, 3.63) is 59.7 Å². The number of rotatable bonds is 10. The van der Waals surface area contributed by atoms with Crippen LogP contribution in [0, 0.1) is 5.41 Å². The van der Waals surface area contributed by atoms with Gasteiger partial charge in [-0.05, 0) is 35.1 Å². The van der Waals surface area contributed by atoms with E-state index in [1.165, 1.54) is 11.1 Å². The quantitative estimate of drug-likeness (QED) is 0.498. The fourth-order valence-corrected chi connectivity index (χ4v) is 4.13. The van der Waals surface area contributed by atoms with Crippen LogP contribution in [0.2, 0.25) is 0 Å². The molecule has 0 saturated carbocycles. The molecule has 0 unspecified atom stereocenters. The molecule has 0 spiro atoms. The van der Waals surface area contributed by atoms with E-state index in [1.54, 1.807) is 13.8 Å². The van der Waals surface area contributed by atoms with Gasteiger partial charge in [0.1, 0.15) is 6.61 Å². The summed E-state index contributed by atoms with van der Waals surface area (Å²) in [6.45, 7) is 5.88. The minimum atomic E-state index is -0.947. The third kappa shape index (κ3) is 5.92. The predicted octanol–water partition coefficient (Wildman–Crippen LogP) is 4.31. The molecule has 0 fully saturated rings. The first-order valence-corrected chi connectivity index (χ1v) is 11.3. The van der Waals surface area contributed by atoms with E-state index in [-0.39, 0.29) is 31.4 Å². The summed E-state index contributed by atoms with van der Waals surface area (Å²) < 4.78 is 5.52. The zero-order valence-corrected chi connectivity index (χ0v) is 19.4. The van der Waals surface area contributed by atoms with Crippen LogP contribution < -0.4 is 10.6 Å². The van der Waals surface area contributed by atoms with E-state index in [1.807, 2.05) is 31.2 Å². The van der Waals surface area contributed by atoms with Crippen LogP contribution >= 0.6 is 0 Å². The van der Waals surface area contributed by atoms with Crippen molar-refractivity contribution in [1.82, 2.24) is 10.6 Å². The molecule has 2 aromatic carbocycles. The van der Waals surface area contributed by atoms with Crippen LogP contribution in [0.5, 0.6) is 0 Å². The maximum atomic E-state index is 12.6. The van der Waals surface area contributed by atoms with Gasteiger partial charge in [-0.15, -0.1) is 0 Å². The van der Waals surface area contributed by atoms with Gasteiger partial charge in [-0.25, -0.2) is 4.79 Å². The SMILES string of the molecule is CC[C@H](CC(=O)O)NC(=O)C(C)(C)CCNC(=O)OCC1c2ccccc2-c2ccccc21. The van der Waals surface area contributed by atoms with Crippen molar-refractivity contribution < 1.29 is 24.2 Å². The lowest BCUT2D eigenvalue weighted by Crippen LogP contribution is -2.44. The minimum absolute atomic E-state index is 0.00872. The number of ether oxygens (including phenoxy) is 1. The number of carbonyl (C=O) groups excluding carboxylic acids is 2. The largest absolute Gasteiger partial charge is 0.481 e. The summed E-state index contributed by atoms with van der Waals surface area (Å²) in [7, 11) is 0. The van der Waals surface area contributed by atoms with Crippen molar-refractivity contribution in [2.24, 2.45) is 5.41 Å². The molecule has 0 radical (unpaired) electrons. The molecule has 0 heterocycles. The van der Waals surface area contributed by atoms with Gasteiger partial charge in [0.15, 0.2) is 0 Å². The molecule has 176 valence electrons. The molecule has 0 bridgehead atoms. The molecule has 0 saturated heterocycles. The lowest BCUT2D eigenvalue weighted by atomic mass is 9.87. The summed E-state index contributed by atoms with van der Waals surface area (Å²) in [4.78, 5) is 35.8. The van der Waals surface area contributed by atoms with Crippen LogP contribution in [0.3, 0.4) is 0 Å². The van der Waals surface area contributed by atoms with Crippen molar-refractivity contribution >= 4 is 18.0 Å². The number of carboxylic acid groups (broad SMARTS) is 1. The zero-order valence-electron chi connectivity index (χ0n) is 19.4. The van der Waals surface area contributed by atoms with E-state index >= 15 is 0 Å². The monoisotopic (exact) mass is 452 g/mol. The van der Waals surface area contributed by atoms with Crippen LogP contribution in [0.4, 0.5) is 4.79 Å². The standard InChI is InChI=1S/C26H32N2O5/c1-4-17(15-23(29)30)28-24(31)26(2,3)13-14-27-25(32)33-16-22-20-11-7-5-9-18(20)19-10-6-8-12-21(19)22/h5-12,17,22H,4,13-16H2,1-3H3,(H,27,32)(H,28,31)(H,29,30)/t17-/m1/s1. The van der Waals surface area contributed by atoms with E-state index in [0.29, 0.717) is 12.8 Å². The van der Waals surface area contributed by atoms with Crippen molar-refractivity contribution in [2.45, 2.75) is 52.0 Å². The molecule has 7 heteroatoms. The Morgan fingerprint density at radius 3 is 2.15 bits per heavy atom. The highest BCUT2D eigenvalue weighted by Crippen LogP contribution is 2.44. The Morgan fingerprint density at radius 2 is 1.61 bits per heavy atom. The van der Waals surface area contributed by atoms with Gasteiger partial charge >= 0.3 is 12.1 Å². The van der Waals surface area contributed by atoms with E-state index in [0.717, 1.165) is 11.1 Å². The van der Waals surface area contributed by atoms with E-state index < -0.39 is 23.5 Å². The van der Waals surface area contributed by atoms with E-state index in [4.69, 9.17) is 9.84 Å². The Morgan fingerprint density at radius 1 is 1.03 bits per heavy atom. The number of amides is 2. The molecular weight excluding hydrogens is 420 g/mol. The molecular formula is C26H32N2O5. The van der Waals surface area contributed by atoms with Crippen LogP contribution in [-0.2, 0) is 14.3 Å². The summed E-state index contributed by atoms with van der Waals surface area (Å²) in [6, 6.07) is 15.9. The number of benzene rings is 2. The van der Waals surface area contributed by atoms with Crippen LogP contribution in [-0.4, -0.2) is 42.3 Å². The molecule has 0 aromatic heterocycles.